The van der Waals surface area contributed by atoms with Crippen LogP contribution < -0.4 is 0 Å². The molecule has 3 heteroatoms. The second-order valence-corrected chi connectivity index (χ2v) is 8.04. The van der Waals surface area contributed by atoms with Crippen molar-refractivity contribution in [2.75, 3.05) is 13.1 Å². The molecule has 0 saturated carbocycles. The number of amides is 1. The molecule has 1 fully saturated rings. The van der Waals surface area contributed by atoms with Crippen molar-refractivity contribution in [3.8, 4) is 0 Å². The molecule has 1 aliphatic rings. The summed E-state index contributed by atoms with van der Waals surface area (Å²) in [5.41, 5.74) is 2.20. The van der Waals surface area contributed by atoms with Crippen LogP contribution in [0, 0.1) is 5.92 Å². The normalized spacial score (nSPS) is 23.8. The lowest BCUT2D eigenvalue weighted by atomic mass is 9.86. The van der Waals surface area contributed by atoms with E-state index in [9.17, 15) is 4.79 Å². The van der Waals surface area contributed by atoms with Crippen LogP contribution in [0.25, 0.3) is 0 Å². The SMILES string of the molecule is CC1CN(C(=O)c2ccc(C(C)(C)C)cc2)CCC1Br. The number of carbonyl (C=O) groups excluding carboxylic acids is 1. The van der Waals surface area contributed by atoms with Crippen LogP contribution in [0.4, 0.5) is 0 Å². The number of rotatable bonds is 1. The van der Waals surface area contributed by atoms with Crippen LogP contribution in [0.5, 0.6) is 0 Å². The molecule has 0 spiro atoms. The second kappa shape index (κ2) is 5.88. The number of halogens is 1. The number of piperidine rings is 1. The fraction of sp³-hybridized carbons (Fsp3) is 0.588. The predicted molar refractivity (Wildman–Crippen MR) is 87.5 cm³/mol. The molecule has 0 N–H and O–H groups in total. The lowest BCUT2D eigenvalue weighted by Gasteiger charge is -2.34. The lowest BCUT2D eigenvalue weighted by molar-refractivity contribution is 0.0690. The Hall–Kier alpha value is -0.830. The van der Waals surface area contributed by atoms with Gasteiger partial charge in [-0.15, -0.1) is 0 Å². The Morgan fingerprint density at radius 2 is 1.85 bits per heavy atom. The molecule has 2 unspecified atom stereocenters. The Kier molecular flexibility index (Phi) is 4.58. The average molecular weight is 338 g/mol. The molecule has 0 bridgehead atoms. The largest absolute Gasteiger partial charge is 0.338 e. The van der Waals surface area contributed by atoms with Crippen molar-refractivity contribution in [2.45, 2.75) is 44.4 Å². The van der Waals surface area contributed by atoms with Gasteiger partial charge in [0.05, 0.1) is 0 Å². The number of hydrogen-bond acceptors (Lipinski definition) is 1. The fourth-order valence-corrected chi connectivity index (χ4v) is 2.97. The molecular formula is C17H24BrNO. The van der Waals surface area contributed by atoms with Crippen LogP contribution in [0.1, 0.15) is 50.0 Å². The zero-order valence-corrected chi connectivity index (χ0v) is 14.4. The molecule has 1 aliphatic heterocycles. The van der Waals surface area contributed by atoms with Gasteiger partial charge >= 0.3 is 0 Å². The van der Waals surface area contributed by atoms with Gasteiger partial charge < -0.3 is 4.90 Å². The third-order valence-electron chi connectivity index (χ3n) is 4.09. The minimum Gasteiger partial charge on any atom is -0.338 e. The Labute approximate surface area is 130 Å². The van der Waals surface area contributed by atoms with E-state index in [1.165, 1.54) is 5.56 Å². The minimum atomic E-state index is 0.129. The third-order valence-corrected chi connectivity index (χ3v) is 5.45. The van der Waals surface area contributed by atoms with Gasteiger partial charge in [0.25, 0.3) is 5.91 Å². The van der Waals surface area contributed by atoms with E-state index in [2.05, 4.69) is 55.8 Å². The maximum absolute atomic E-state index is 12.5. The van der Waals surface area contributed by atoms with E-state index in [-0.39, 0.29) is 11.3 Å². The Balaban J connectivity index is 2.10. The number of alkyl halides is 1. The van der Waals surface area contributed by atoms with Gasteiger partial charge in [0, 0.05) is 23.5 Å². The van der Waals surface area contributed by atoms with Gasteiger partial charge in [-0.05, 0) is 35.4 Å². The molecule has 1 aromatic rings. The van der Waals surface area contributed by atoms with E-state index >= 15 is 0 Å². The van der Waals surface area contributed by atoms with Gasteiger partial charge in [-0.1, -0.05) is 55.8 Å². The summed E-state index contributed by atoms with van der Waals surface area (Å²) in [6.45, 7) is 10.4. The molecule has 2 nitrogen and oxygen atoms in total. The standard InChI is InChI=1S/C17H24BrNO/c1-12-11-19(10-9-15(12)18)16(20)13-5-7-14(8-6-13)17(2,3)4/h5-8,12,15H,9-11H2,1-4H3. The number of likely N-dealkylation sites (tertiary alicyclic amines) is 1. The van der Waals surface area contributed by atoms with E-state index in [0.29, 0.717) is 10.7 Å². The van der Waals surface area contributed by atoms with Crippen LogP contribution in [0.2, 0.25) is 0 Å². The minimum absolute atomic E-state index is 0.129. The average Bonchev–Trinajstić information content (AvgIpc) is 2.40. The molecule has 1 amide bonds. The van der Waals surface area contributed by atoms with Gasteiger partial charge in [-0.3, -0.25) is 4.79 Å². The van der Waals surface area contributed by atoms with Gasteiger partial charge in [0.15, 0.2) is 0 Å². The van der Waals surface area contributed by atoms with Gasteiger partial charge in [-0.2, -0.15) is 0 Å². The maximum atomic E-state index is 12.5. The van der Waals surface area contributed by atoms with Gasteiger partial charge in [0.1, 0.15) is 0 Å². The first-order valence-electron chi connectivity index (χ1n) is 7.33. The monoisotopic (exact) mass is 337 g/mol. The summed E-state index contributed by atoms with van der Waals surface area (Å²) >= 11 is 3.68. The number of benzene rings is 1. The van der Waals surface area contributed by atoms with Crippen LogP contribution in [0.15, 0.2) is 24.3 Å². The summed E-state index contributed by atoms with van der Waals surface area (Å²) in [5, 5.41) is 0. The topological polar surface area (TPSA) is 20.3 Å². The van der Waals surface area contributed by atoms with Gasteiger partial charge in [0.2, 0.25) is 0 Å². The van der Waals surface area contributed by atoms with Gasteiger partial charge in [-0.25, -0.2) is 0 Å². The fourth-order valence-electron chi connectivity index (χ4n) is 2.60. The summed E-state index contributed by atoms with van der Waals surface area (Å²) in [6, 6.07) is 8.09. The zero-order valence-electron chi connectivity index (χ0n) is 12.8. The van der Waals surface area contributed by atoms with E-state index in [1.807, 2.05) is 17.0 Å². The maximum Gasteiger partial charge on any atom is 0.253 e. The van der Waals surface area contributed by atoms with E-state index < -0.39 is 0 Å². The molecular weight excluding hydrogens is 314 g/mol. The van der Waals surface area contributed by atoms with Crippen molar-refractivity contribution in [1.29, 1.82) is 0 Å². The first-order chi connectivity index (χ1) is 9.29. The van der Waals surface area contributed by atoms with E-state index in [1.54, 1.807) is 0 Å². The summed E-state index contributed by atoms with van der Waals surface area (Å²) in [7, 11) is 0. The van der Waals surface area contributed by atoms with Crippen molar-refractivity contribution in [3.63, 3.8) is 0 Å². The van der Waals surface area contributed by atoms with Crippen LogP contribution in [0.3, 0.4) is 0 Å². The Bertz CT molecular complexity index is 475. The molecule has 1 saturated heterocycles. The van der Waals surface area contributed by atoms with Crippen LogP contribution >= 0.6 is 15.9 Å². The highest BCUT2D eigenvalue weighted by molar-refractivity contribution is 9.09. The van der Waals surface area contributed by atoms with Crippen molar-refractivity contribution < 1.29 is 4.79 Å². The summed E-state index contributed by atoms with van der Waals surface area (Å²) in [4.78, 5) is 15.0. The molecule has 0 aromatic heterocycles. The van der Waals surface area contributed by atoms with E-state index in [0.717, 1.165) is 25.1 Å². The van der Waals surface area contributed by atoms with Crippen molar-refractivity contribution in [2.24, 2.45) is 5.92 Å². The molecule has 1 aromatic carbocycles. The van der Waals surface area contributed by atoms with Crippen LogP contribution in [-0.2, 0) is 5.41 Å². The van der Waals surface area contributed by atoms with Crippen LogP contribution in [-0.4, -0.2) is 28.7 Å². The molecule has 1 heterocycles. The molecule has 2 atom stereocenters. The molecule has 110 valence electrons. The quantitative estimate of drug-likeness (QED) is 0.702. The third kappa shape index (κ3) is 3.43. The zero-order chi connectivity index (χ0) is 14.9. The van der Waals surface area contributed by atoms with E-state index in [4.69, 9.17) is 0 Å². The Morgan fingerprint density at radius 1 is 1.25 bits per heavy atom. The first-order valence-corrected chi connectivity index (χ1v) is 8.24. The molecule has 0 aliphatic carbocycles. The Morgan fingerprint density at radius 3 is 2.35 bits per heavy atom. The number of nitrogens with zero attached hydrogens (tertiary/aromatic N) is 1. The summed E-state index contributed by atoms with van der Waals surface area (Å²) < 4.78 is 0. The molecule has 0 radical (unpaired) electrons. The number of hydrogen-bond donors (Lipinski definition) is 0. The summed E-state index contributed by atoms with van der Waals surface area (Å²) in [5.74, 6) is 0.679. The van der Waals surface area contributed by atoms with Crippen molar-refractivity contribution in [1.82, 2.24) is 4.90 Å². The second-order valence-electron chi connectivity index (χ2n) is 6.86. The number of carbonyl (C=O) groups is 1. The highest BCUT2D eigenvalue weighted by Crippen LogP contribution is 2.26. The van der Waals surface area contributed by atoms with Crippen molar-refractivity contribution in [3.05, 3.63) is 35.4 Å². The predicted octanol–water partition coefficient (Wildman–Crippen LogP) is 4.23. The molecule has 2 rings (SSSR count). The van der Waals surface area contributed by atoms with Crippen molar-refractivity contribution >= 4 is 21.8 Å². The first kappa shape index (κ1) is 15.6. The highest BCUT2D eigenvalue weighted by Gasteiger charge is 2.27. The summed E-state index contributed by atoms with van der Waals surface area (Å²) in [6.07, 6.45) is 1.03. The molecule has 20 heavy (non-hydrogen) atoms. The smallest absolute Gasteiger partial charge is 0.253 e. The highest BCUT2D eigenvalue weighted by atomic mass is 79.9. The lowest BCUT2D eigenvalue weighted by Crippen LogP contribution is -2.43.